The van der Waals surface area contributed by atoms with Gasteiger partial charge >= 0.3 is 0 Å². The van der Waals surface area contributed by atoms with Crippen LogP contribution in [0.15, 0.2) is 168 Å². The van der Waals surface area contributed by atoms with E-state index in [0.717, 1.165) is 72.3 Å². The van der Waals surface area contributed by atoms with E-state index in [4.69, 9.17) is 14.4 Å². The maximum absolute atomic E-state index is 6.75. The Kier molecular flexibility index (Phi) is 6.64. The molecule has 234 valence electrons. The Bertz CT molecular complexity index is 2870. The number of thiophene rings is 1. The van der Waals surface area contributed by atoms with Crippen molar-refractivity contribution in [3.63, 3.8) is 0 Å². The molecule has 0 N–H and O–H groups in total. The minimum atomic E-state index is 0.660. The molecule has 0 unspecified atom stereocenters. The summed E-state index contributed by atoms with van der Waals surface area (Å²) in [7, 11) is 0. The summed E-state index contributed by atoms with van der Waals surface area (Å²) in [5, 5.41) is 4.72. The average Bonchev–Trinajstić information content (AvgIpc) is 3.77. The van der Waals surface area contributed by atoms with Crippen LogP contribution in [0, 0.1) is 0 Å². The molecule has 4 heterocycles. The standard InChI is InChI=1S/C45H27N3OS/c1-2-10-28(11-3-1)45-47-38(31-13-8-12-29(24-31)32-14-9-23-46-27-32)26-39(48-45)35-21-20-33(43-36-16-4-6-17-40(36)49-44(35)43)30-19-22-42-37(25-30)34-15-5-7-18-41(34)50-42/h1-27H. The number of hydrogen-bond acceptors (Lipinski definition) is 5. The molecule has 0 aliphatic carbocycles. The van der Waals surface area contributed by atoms with Crippen LogP contribution in [-0.2, 0) is 0 Å². The third-order valence-corrected chi connectivity index (χ3v) is 10.6. The van der Waals surface area contributed by atoms with Crippen molar-refractivity contribution >= 4 is 53.4 Å². The Morgan fingerprint density at radius 2 is 1.20 bits per heavy atom. The second kappa shape index (κ2) is 11.6. The molecule has 0 saturated heterocycles. The van der Waals surface area contributed by atoms with E-state index < -0.39 is 0 Å². The summed E-state index contributed by atoms with van der Waals surface area (Å²) in [6.45, 7) is 0. The van der Waals surface area contributed by atoms with E-state index in [9.17, 15) is 0 Å². The molecule has 0 atom stereocenters. The summed E-state index contributed by atoms with van der Waals surface area (Å²) in [5.74, 6) is 0.660. The molecule has 0 amide bonds. The molecular weight excluding hydrogens is 631 g/mol. The minimum absolute atomic E-state index is 0.660. The predicted molar refractivity (Wildman–Crippen MR) is 207 cm³/mol. The molecule has 0 aliphatic rings. The van der Waals surface area contributed by atoms with E-state index in [-0.39, 0.29) is 0 Å². The molecule has 5 heteroatoms. The lowest BCUT2D eigenvalue weighted by molar-refractivity contribution is 0.670. The molecular formula is C45H27N3OS. The summed E-state index contributed by atoms with van der Waals surface area (Å²) in [6, 6.07) is 52.9. The van der Waals surface area contributed by atoms with Gasteiger partial charge in [0.1, 0.15) is 11.2 Å². The van der Waals surface area contributed by atoms with Gasteiger partial charge in [0.2, 0.25) is 0 Å². The van der Waals surface area contributed by atoms with Crippen LogP contribution in [0.3, 0.4) is 0 Å². The normalized spacial score (nSPS) is 11.6. The molecule has 6 aromatic carbocycles. The molecule has 0 fully saturated rings. The SMILES string of the molecule is c1ccc(-c2nc(-c3cccc(-c4cccnc4)c3)cc(-c3ccc(-c4ccc5sc6ccccc6c5c4)c4c3oc3ccccc34)n2)cc1. The third kappa shape index (κ3) is 4.79. The van der Waals surface area contributed by atoms with Crippen LogP contribution in [0.1, 0.15) is 0 Å². The van der Waals surface area contributed by atoms with Gasteiger partial charge in [-0.05, 0) is 65.2 Å². The van der Waals surface area contributed by atoms with Crippen LogP contribution in [0.2, 0.25) is 0 Å². The van der Waals surface area contributed by atoms with Gasteiger partial charge in [-0.25, -0.2) is 9.97 Å². The van der Waals surface area contributed by atoms with Crippen molar-refractivity contribution < 1.29 is 4.42 Å². The van der Waals surface area contributed by atoms with E-state index >= 15 is 0 Å². The third-order valence-electron chi connectivity index (χ3n) is 9.40. The minimum Gasteiger partial charge on any atom is -0.455 e. The Hall–Kier alpha value is -6.43. The molecule has 4 nitrogen and oxygen atoms in total. The molecule has 4 aromatic heterocycles. The number of aromatic nitrogens is 3. The van der Waals surface area contributed by atoms with Crippen molar-refractivity contribution in [1.29, 1.82) is 0 Å². The van der Waals surface area contributed by atoms with Gasteiger partial charge in [-0.3, -0.25) is 4.98 Å². The largest absolute Gasteiger partial charge is 0.455 e. The maximum Gasteiger partial charge on any atom is 0.160 e. The summed E-state index contributed by atoms with van der Waals surface area (Å²) in [5.41, 5.74) is 10.6. The van der Waals surface area contributed by atoms with Crippen LogP contribution in [0.5, 0.6) is 0 Å². The topological polar surface area (TPSA) is 51.8 Å². The van der Waals surface area contributed by atoms with Crippen LogP contribution < -0.4 is 0 Å². The molecule has 0 bridgehead atoms. The zero-order chi connectivity index (χ0) is 33.0. The van der Waals surface area contributed by atoms with Crippen molar-refractivity contribution in [1.82, 2.24) is 15.0 Å². The number of pyridine rings is 1. The highest BCUT2D eigenvalue weighted by molar-refractivity contribution is 7.25. The lowest BCUT2D eigenvalue weighted by Crippen LogP contribution is -1.96. The van der Waals surface area contributed by atoms with Gasteiger partial charge in [-0.1, -0.05) is 103 Å². The monoisotopic (exact) mass is 657 g/mol. The van der Waals surface area contributed by atoms with Gasteiger partial charge in [-0.15, -0.1) is 11.3 Å². The second-order valence-electron chi connectivity index (χ2n) is 12.4. The van der Waals surface area contributed by atoms with E-state index in [2.05, 4.69) is 120 Å². The first kappa shape index (κ1) is 28.6. The van der Waals surface area contributed by atoms with Crippen LogP contribution >= 0.6 is 11.3 Å². The molecule has 0 saturated carbocycles. The van der Waals surface area contributed by atoms with Gasteiger partial charge in [0.25, 0.3) is 0 Å². The van der Waals surface area contributed by atoms with E-state index in [1.165, 1.54) is 20.2 Å². The summed E-state index contributed by atoms with van der Waals surface area (Å²) < 4.78 is 9.33. The molecule has 0 aliphatic heterocycles. The quantitative estimate of drug-likeness (QED) is 0.185. The molecule has 0 radical (unpaired) electrons. The van der Waals surface area contributed by atoms with Crippen LogP contribution in [-0.4, -0.2) is 15.0 Å². The van der Waals surface area contributed by atoms with Crippen molar-refractivity contribution in [2.75, 3.05) is 0 Å². The summed E-state index contributed by atoms with van der Waals surface area (Å²) in [4.78, 5) is 14.6. The number of fused-ring (bicyclic) bond motifs is 6. The fraction of sp³-hybridized carbons (Fsp3) is 0. The highest BCUT2D eigenvalue weighted by Gasteiger charge is 2.20. The van der Waals surface area contributed by atoms with Crippen molar-refractivity contribution in [3.8, 4) is 56.2 Å². The maximum atomic E-state index is 6.75. The lowest BCUT2D eigenvalue weighted by atomic mass is 9.94. The van der Waals surface area contributed by atoms with E-state index in [0.29, 0.717) is 5.82 Å². The first-order chi connectivity index (χ1) is 24.8. The van der Waals surface area contributed by atoms with E-state index in [1.54, 1.807) is 6.20 Å². The zero-order valence-corrected chi connectivity index (χ0v) is 27.6. The Balaban J connectivity index is 1.20. The molecule has 0 spiro atoms. The van der Waals surface area contributed by atoms with Gasteiger partial charge in [0, 0.05) is 65.6 Å². The number of furan rings is 1. The number of para-hydroxylation sites is 1. The smallest absolute Gasteiger partial charge is 0.160 e. The van der Waals surface area contributed by atoms with Gasteiger partial charge in [0.15, 0.2) is 5.82 Å². The predicted octanol–water partition coefficient (Wildman–Crippen LogP) is 12.5. The zero-order valence-electron chi connectivity index (χ0n) is 26.7. The summed E-state index contributed by atoms with van der Waals surface area (Å²) in [6.07, 6.45) is 3.68. The fourth-order valence-electron chi connectivity index (χ4n) is 7.01. The fourth-order valence-corrected chi connectivity index (χ4v) is 8.09. The van der Waals surface area contributed by atoms with Crippen molar-refractivity contribution in [3.05, 3.63) is 164 Å². The molecule has 10 aromatic rings. The molecule has 50 heavy (non-hydrogen) atoms. The number of nitrogens with zero attached hydrogens (tertiary/aromatic N) is 3. The highest BCUT2D eigenvalue weighted by Crippen LogP contribution is 2.44. The van der Waals surface area contributed by atoms with Crippen molar-refractivity contribution in [2.24, 2.45) is 0 Å². The Morgan fingerprint density at radius 1 is 0.460 bits per heavy atom. The van der Waals surface area contributed by atoms with Gasteiger partial charge < -0.3 is 4.42 Å². The second-order valence-corrected chi connectivity index (χ2v) is 13.5. The first-order valence-electron chi connectivity index (χ1n) is 16.6. The number of hydrogen-bond donors (Lipinski definition) is 0. The van der Waals surface area contributed by atoms with Gasteiger partial charge in [0.05, 0.1) is 11.4 Å². The Labute approximate surface area is 292 Å². The average molecular weight is 658 g/mol. The van der Waals surface area contributed by atoms with Crippen molar-refractivity contribution in [2.45, 2.75) is 0 Å². The lowest BCUT2D eigenvalue weighted by Gasteiger charge is -2.12. The Morgan fingerprint density at radius 3 is 2.10 bits per heavy atom. The van der Waals surface area contributed by atoms with Gasteiger partial charge in [-0.2, -0.15) is 0 Å². The van der Waals surface area contributed by atoms with Crippen LogP contribution in [0.25, 0.3) is 98.3 Å². The summed E-state index contributed by atoms with van der Waals surface area (Å²) >= 11 is 1.84. The van der Waals surface area contributed by atoms with E-state index in [1.807, 2.05) is 53.9 Å². The van der Waals surface area contributed by atoms with Crippen LogP contribution in [0.4, 0.5) is 0 Å². The first-order valence-corrected chi connectivity index (χ1v) is 17.4. The molecule has 10 rings (SSSR count). The number of rotatable bonds is 5. The highest BCUT2D eigenvalue weighted by atomic mass is 32.1. The number of benzene rings is 6.